The molecule has 2 aromatic carbocycles. The van der Waals surface area contributed by atoms with Crippen molar-refractivity contribution in [3.63, 3.8) is 0 Å². The van der Waals surface area contributed by atoms with Gasteiger partial charge in [-0.1, -0.05) is 30.3 Å². The van der Waals surface area contributed by atoms with Gasteiger partial charge in [0.25, 0.3) is 0 Å². The normalized spacial score (nSPS) is 9.89. The van der Waals surface area contributed by atoms with Gasteiger partial charge in [-0.25, -0.2) is 0 Å². The Kier molecular flexibility index (Phi) is 4.54. The maximum atomic E-state index is 8.73. The van der Waals surface area contributed by atoms with E-state index in [2.05, 4.69) is 11.4 Å². The van der Waals surface area contributed by atoms with Crippen molar-refractivity contribution < 1.29 is 4.74 Å². The van der Waals surface area contributed by atoms with Gasteiger partial charge in [-0.05, 0) is 23.8 Å². The third-order valence-corrected chi connectivity index (χ3v) is 2.92. The Morgan fingerprint density at radius 2 is 1.79 bits per heavy atom. The maximum absolute atomic E-state index is 8.73. The lowest BCUT2D eigenvalue weighted by molar-refractivity contribution is 0.407. The van der Waals surface area contributed by atoms with E-state index in [0.717, 1.165) is 30.0 Å². The summed E-state index contributed by atoms with van der Waals surface area (Å²) in [5.41, 5.74) is 2.99. The molecule has 19 heavy (non-hydrogen) atoms. The Balaban J connectivity index is 1.91. The molecule has 0 bridgehead atoms. The number of methoxy groups -OCH3 is 1. The number of para-hydroxylation sites is 1. The molecule has 0 spiro atoms. The summed E-state index contributed by atoms with van der Waals surface area (Å²) in [7, 11) is 1.68. The van der Waals surface area contributed by atoms with Crippen molar-refractivity contribution in [1.82, 2.24) is 5.32 Å². The minimum Gasteiger partial charge on any atom is -0.496 e. The third-order valence-electron chi connectivity index (χ3n) is 2.92. The number of ether oxygens (including phenoxy) is 1. The molecule has 0 aromatic heterocycles. The molecule has 2 aromatic rings. The van der Waals surface area contributed by atoms with Gasteiger partial charge in [-0.2, -0.15) is 5.26 Å². The minimum absolute atomic E-state index is 0.688. The van der Waals surface area contributed by atoms with Crippen molar-refractivity contribution >= 4 is 0 Å². The van der Waals surface area contributed by atoms with Crippen LogP contribution in [-0.4, -0.2) is 7.11 Å². The Hall–Kier alpha value is -2.31. The number of nitrogens with zero attached hydrogens (tertiary/aromatic N) is 1. The van der Waals surface area contributed by atoms with Crippen LogP contribution in [0.4, 0.5) is 0 Å². The summed E-state index contributed by atoms with van der Waals surface area (Å²) in [4.78, 5) is 0. The van der Waals surface area contributed by atoms with E-state index < -0.39 is 0 Å². The topological polar surface area (TPSA) is 45.0 Å². The van der Waals surface area contributed by atoms with Gasteiger partial charge in [0.2, 0.25) is 0 Å². The maximum Gasteiger partial charge on any atom is 0.123 e. The molecule has 3 nitrogen and oxygen atoms in total. The predicted octanol–water partition coefficient (Wildman–Crippen LogP) is 2.86. The summed E-state index contributed by atoms with van der Waals surface area (Å²) in [6, 6.07) is 17.7. The number of hydrogen-bond donors (Lipinski definition) is 1. The lowest BCUT2D eigenvalue weighted by atomic mass is 10.1. The molecule has 96 valence electrons. The molecule has 0 amide bonds. The molecule has 3 heteroatoms. The second-order valence-electron chi connectivity index (χ2n) is 4.22. The SMILES string of the molecule is COc1ccccc1CNCc1ccc(C#N)cc1. The molecule has 0 atom stereocenters. The lowest BCUT2D eigenvalue weighted by Gasteiger charge is -2.09. The zero-order valence-electron chi connectivity index (χ0n) is 10.9. The van der Waals surface area contributed by atoms with Crippen molar-refractivity contribution in [3.8, 4) is 11.8 Å². The Morgan fingerprint density at radius 1 is 1.05 bits per heavy atom. The Bertz CT molecular complexity index is 570. The van der Waals surface area contributed by atoms with Crippen LogP contribution in [0.25, 0.3) is 0 Å². The van der Waals surface area contributed by atoms with Crippen LogP contribution in [0.1, 0.15) is 16.7 Å². The molecule has 0 saturated carbocycles. The van der Waals surface area contributed by atoms with Gasteiger partial charge >= 0.3 is 0 Å². The van der Waals surface area contributed by atoms with E-state index in [-0.39, 0.29) is 0 Å². The van der Waals surface area contributed by atoms with E-state index in [1.54, 1.807) is 7.11 Å². The number of benzene rings is 2. The van der Waals surface area contributed by atoms with Crippen LogP contribution in [0.15, 0.2) is 48.5 Å². The summed E-state index contributed by atoms with van der Waals surface area (Å²) in [6.07, 6.45) is 0. The van der Waals surface area contributed by atoms with E-state index in [0.29, 0.717) is 5.56 Å². The monoisotopic (exact) mass is 252 g/mol. The molecular formula is C16H16N2O. The van der Waals surface area contributed by atoms with E-state index in [4.69, 9.17) is 10.00 Å². The van der Waals surface area contributed by atoms with Crippen LogP contribution in [0.2, 0.25) is 0 Å². The molecule has 1 N–H and O–H groups in total. The summed E-state index contributed by atoms with van der Waals surface area (Å²) in [5.74, 6) is 0.898. The molecule has 0 heterocycles. The molecule has 0 unspecified atom stereocenters. The van der Waals surface area contributed by atoms with E-state index in [1.165, 1.54) is 0 Å². The number of rotatable bonds is 5. The average Bonchev–Trinajstić information content (AvgIpc) is 2.48. The molecule has 0 radical (unpaired) electrons. The first-order valence-electron chi connectivity index (χ1n) is 6.15. The van der Waals surface area contributed by atoms with Crippen LogP contribution in [0.5, 0.6) is 5.75 Å². The van der Waals surface area contributed by atoms with Crippen LogP contribution in [-0.2, 0) is 13.1 Å². The van der Waals surface area contributed by atoms with Crippen LogP contribution < -0.4 is 10.1 Å². The fourth-order valence-electron chi connectivity index (χ4n) is 1.89. The highest BCUT2D eigenvalue weighted by Gasteiger charge is 2.01. The van der Waals surface area contributed by atoms with Crippen LogP contribution >= 0.6 is 0 Å². The van der Waals surface area contributed by atoms with E-state index >= 15 is 0 Å². The van der Waals surface area contributed by atoms with Gasteiger partial charge in [0.1, 0.15) is 5.75 Å². The number of nitriles is 1. The highest BCUT2D eigenvalue weighted by atomic mass is 16.5. The van der Waals surface area contributed by atoms with Gasteiger partial charge in [0, 0.05) is 18.7 Å². The van der Waals surface area contributed by atoms with Crippen LogP contribution in [0, 0.1) is 11.3 Å². The van der Waals surface area contributed by atoms with Crippen molar-refractivity contribution in [1.29, 1.82) is 5.26 Å². The van der Waals surface area contributed by atoms with Gasteiger partial charge in [0.05, 0.1) is 18.7 Å². The first-order valence-corrected chi connectivity index (χ1v) is 6.15. The second kappa shape index (κ2) is 6.58. The minimum atomic E-state index is 0.688. The molecule has 0 aliphatic rings. The van der Waals surface area contributed by atoms with Crippen LogP contribution in [0.3, 0.4) is 0 Å². The highest BCUT2D eigenvalue weighted by Crippen LogP contribution is 2.16. The number of nitrogens with one attached hydrogen (secondary N) is 1. The standard InChI is InChI=1S/C16H16N2O/c1-19-16-5-3-2-4-15(16)12-18-11-14-8-6-13(10-17)7-9-14/h2-9,18H,11-12H2,1H3. The van der Waals surface area contributed by atoms with E-state index in [9.17, 15) is 0 Å². The average molecular weight is 252 g/mol. The largest absolute Gasteiger partial charge is 0.496 e. The lowest BCUT2D eigenvalue weighted by Crippen LogP contribution is -2.13. The number of hydrogen-bond acceptors (Lipinski definition) is 3. The predicted molar refractivity (Wildman–Crippen MR) is 74.7 cm³/mol. The Morgan fingerprint density at radius 3 is 2.47 bits per heavy atom. The summed E-state index contributed by atoms with van der Waals surface area (Å²) in [6.45, 7) is 1.52. The quantitative estimate of drug-likeness (QED) is 0.890. The smallest absolute Gasteiger partial charge is 0.123 e. The molecule has 0 fully saturated rings. The van der Waals surface area contributed by atoms with E-state index in [1.807, 2.05) is 48.5 Å². The second-order valence-corrected chi connectivity index (χ2v) is 4.22. The molecule has 2 rings (SSSR count). The van der Waals surface area contributed by atoms with Gasteiger partial charge in [0.15, 0.2) is 0 Å². The molecular weight excluding hydrogens is 236 g/mol. The molecule has 0 aliphatic heterocycles. The van der Waals surface area contributed by atoms with Crippen molar-refractivity contribution in [2.45, 2.75) is 13.1 Å². The Labute approximate surface area is 113 Å². The summed E-state index contributed by atoms with van der Waals surface area (Å²) < 4.78 is 5.30. The van der Waals surface area contributed by atoms with Gasteiger partial charge in [-0.3, -0.25) is 0 Å². The summed E-state index contributed by atoms with van der Waals surface area (Å²) >= 11 is 0. The zero-order chi connectivity index (χ0) is 13.5. The van der Waals surface area contributed by atoms with Crippen molar-refractivity contribution in [3.05, 3.63) is 65.2 Å². The fourth-order valence-corrected chi connectivity index (χ4v) is 1.89. The van der Waals surface area contributed by atoms with Gasteiger partial charge < -0.3 is 10.1 Å². The fraction of sp³-hybridized carbons (Fsp3) is 0.188. The zero-order valence-corrected chi connectivity index (χ0v) is 10.9. The highest BCUT2D eigenvalue weighted by molar-refractivity contribution is 5.33. The molecule has 0 saturated heterocycles. The first-order chi connectivity index (χ1) is 9.33. The third kappa shape index (κ3) is 3.57. The van der Waals surface area contributed by atoms with Gasteiger partial charge in [-0.15, -0.1) is 0 Å². The first kappa shape index (κ1) is 13.1. The van der Waals surface area contributed by atoms with Crippen molar-refractivity contribution in [2.24, 2.45) is 0 Å². The summed E-state index contributed by atoms with van der Waals surface area (Å²) in [5, 5.41) is 12.1. The molecule has 0 aliphatic carbocycles. The van der Waals surface area contributed by atoms with Crippen molar-refractivity contribution in [2.75, 3.05) is 7.11 Å².